The third kappa shape index (κ3) is 10.1. The summed E-state index contributed by atoms with van der Waals surface area (Å²) in [6, 6.07) is 38.8. The zero-order chi connectivity index (χ0) is 26.8. The third-order valence-corrected chi connectivity index (χ3v) is 7.25. The summed E-state index contributed by atoms with van der Waals surface area (Å²) in [6.07, 6.45) is 7.63. The van der Waals surface area contributed by atoms with Gasteiger partial charge in [-0.1, -0.05) is 128 Å². The quantitative estimate of drug-likeness (QED) is 0.117. The SMILES string of the molecule is c1ccc(-c2ccccc2CNCCCCCCCNCCCNCc2ccccc2-c2ccccc2)cc1. The van der Waals surface area contributed by atoms with Gasteiger partial charge in [0.2, 0.25) is 0 Å². The van der Waals surface area contributed by atoms with Crippen molar-refractivity contribution in [3.05, 3.63) is 120 Å². The van der Waals surface area contributed by atoms with Gasteiger partial charge >= 0.3 is 0 Å². The van der Waals surface area contributed by atoms with Gasteiger partial charge in [-0.2, -0.15) is 0 Å². The topological polar surface area (TPSA) is 36.1 Å². The molecule has 0 fully saturated rings. The van der Waals surface area contributed by atoms with E-state index in [4.69, 9.17) is 0 Å². The lowest BCUT2D eigenvalue weighted by Gasteiger charge is -2.11. The summed E-state index contributed by atoms with van der Waals surface area (Å²) in [5, 5.41) is 10.9. The fraction of sp³-hybridized carbons (Fsp3) is 0.333. The standard InChI is InChI=1S/C36H45N3/c1(3-15-26-38-29-33-21-10-12-23-35(33)31-17-6-4-7-18-31)2-14-25-37-27-16-28-39-30-34-22-11-13-24-36(34)32-19-8-5-9-20-32/h4-13,17-24,37-39H,1-3,14-16,25-30H2. The van der Waals surface area contributed by atoms with Crippen LogP contribution in [0, 0.1) is 0 Å². The molecule has 4 rings (SSSR count). The molecule has 4 aromatic carbocycles. The fourth-order valence-electron chi connectivity index (χ4n) is 5.09. The Bertz CT molecular complexity index is 1100. The smallest absolute Gasteiger partial charge is 0.0211 e. The normalized spacial score (nSPS) is 11.1. The van der Waals surface area contributed by atoms with Gasteiger partial charge in [0.05, 0.1) is 0 Å². The third-order valence-electron chi connectivity index (χ3n) is 7.25. The first-order valence-electron chi connectivity index (χ1n) is 14.8. The van der Waals surface area contributed by atoms with Crippen LogP contribution in [-0.2, 0) is 13.1 Å². The molecule has 3 heteroatoms. The average molecular weight is 520 g/mol. The summed E-state index contributed by atoms with van der Waals surface area (Å²) in [7, 11) is 0. The van der Waals surface area contributed by atoms with Gasteiger partial charge in [-0.05, 0) is 78.8 Å². The molecule has 0 radical (unpaired) electrons. The van der Waals surface area contributed by atoms with Gasteiger partial charge in [0.1, 0.15) is 0 Å². The van der Waals surface area contributed by atoms with Crippen molar-refractivity contribution in [2.75, 3.05) is 26.2 Å². The summed E-state index contributed by atoms with van der Waals surface area (Å²) in [6.45, 7) is 6.19. The molecule has 3 N–H and O–H groups in total. The Kier molecular flexibility index (Phi) is 12.8. The van der Waals surface area contributed by atoms with Crippen molar-refractivity contribution >= 4 is 0 Å². The summed E-state index contributed by atoms with van der Waals surface area (Å²) >= 11 is 0. The maximum atomic E-state index is 3.65. The van der Waals surface area contributed by atoms with E-state index in [9.17, 15) is 0 Å². The zero-order valence-electron chi connectivity index (χ0n) is 23.4. The number of benzene rings is 4. The van der Waals surface area contributed by atoms with E-state index >= 15 is 0 Å². The van der Waals surface area contributed by atoms with Gasteiger partial charge in [0.25, 0.3) is 0 Å². The Balaban J connectivity index is 0.971. The van der Waals surface area contributed by atoms with Crippen LogP contribution >= 0.6 is 0 Å². The fourth-order valence-corrected chi connectivity index (χ4v) is 5.09. The zero-order valence-corrected chi connectivity index (χ0v) is 23.4. The first kappa shape index (κ1) is 28.8. The van der Waals surface area contributed by atoms with Crippen LogP contribution in [0.25, 0.3) is 22.3 Å². The van der Waals surface area contributed by atoms with Gasteiger partial charge in [-0.25, -0.2) is 0 Å². The van der Waals surface area contributed by atoms with Crippen LogP contribution in [0.4, 0.5) is 0 Å². The van der Waals surface area contributed by atoms with Crippen LogP contribution in [0.3, 0.4) is 0 Å². The number of unbranched alkanes of at least 4 members (excludes halogenated alkanes) is 4. The molecular formula is C36H45N3. The summed E-state index contributed by atoms with van der Waals surface area (Å²) in [5.41, 5.74) is 7.99. The summed E-state index contributed by atoms with van der Waals surface area (Å²) < 4.78 is 0. The number of nitrogens with one attached hydrogen (secondary N) is 3. The summed E-state index contributed by atoms with van der Waals surface area (Å²) in [4.78, 5) is 0. The van der Waals surface area contributed by atoms with Crippen LogP contribution < -0.4 is 16.0 Å². The molecule has 0 aliphatic carbocycles. The van der Waals surface area contributed by atoms with E-state index in [-0.39, 0.29) is 0 Å². The highest BCUT2D eigenvalue weighted by Crippen LogP contribution is 2.24. The van der Waals surface area contributed by atoms with Crippen molar-refractivity contribution in [1.82, 2.24) is 16.0 Å². The van der Waals surface area contributed by atoms with E-state index in [2.05, 4.69) is 125 Å². The van der Waals surface area contributed by atoms with E-state index in [1.54, 1.807) is 0 Å². The van der Waals surface area contributed by atoms with Crippen LogP contribution in [-0.4, -0.2) is 26.2 Å². The Morgan fingerprint density at radius 2 is 0.718 bits per heavy atom. The highest BCUT2D eigenvalue weighted by atomic mass is 14.9. The second-order valence-electron chi connectivity index (χ2n) is 10.3. The van der Waals surface area contributed by atoms with E-state index in [1.165, 1.54) is 65.5 Å². The molecule has 0 aliphatic heterocycles. The monoisotopic (exact) mass is 519 g/mol. The molecule has 0 amide bonds. The lowest BCUT2D eigenvalue weighted by atomic mass is 10.00. The average Bonchev–Trinajstić information content (AvgIpc) is 3.00. The number of hydrogen-bond acceptors (Lipinski definition) is 3. The van der Waals surface area contributed by atoms with Crippen molar-refractivity contribution in [1.29, 1.82) is 0 Å². The van der Waals surface area contributed by atoms with Crippen molar-refractivity contribution in [2.45, 2.75) is 51.6 Å². The van der Waals surface area contributed by atoms with Crippen molar-refractivity contribution in [3.63, 3.8) is 0 Å². The Labute approximate surface area is 236 Å². The molecule has 0 atom stereocenters. The minimum atomic E-state index is 0.916. The highest BCUT2D eigenvalue weighted by molar-refractivity contribution is 5.68. The van der Waals surface area contributed by atoms with Crippen molar-refractivity contribution in [2.24, 2.45) is 0 Å². The predicted molar refractivity (Wildman–Crippen MR) is 168 cm³/mol. The Morgan fingerprint density at radius 1 is 0.333 bits per heavy atom. The minimum absolute atomic E-state index is 0.916. The Morgan fingerprint density at radius 3 is 1.26 bits per heavy atom. The molecular weight excluding hydrogens is 474 g/mol. The second-order valence-corrected chi connectivity index (χ2v) is 10.3. The van der Waals surface area contributed by atoms with E-state index in [0.717, 1.165) is 45.7 Å². The van der Waals surface area contributed by atoms with E-state index < -0.39 is 0 Å². The predicted octanol–water partition coefficient (Wildman–Crippen LogP) is 7.83. The first-order valence-corrected chi connectivity index (χ1v) is 14.8. The molecule has 204 valence electrons. The van der Waals surface area contributed by atoms with Crippen molar-refractivity contribution in [3.8, 4) is 22.3 Å². The molecule has 0 aliphatic rings. The van der Waals surface area contributed by atoms with Crippen LogP contribution in [0.1, 0.15) is 49.7 Å². The highest BCUT2D eigenvalue weighted by Gasteiger charge is 2.04. The van der Waals surface area contributed by atoms with Crippen LogP contribution in [0.15, 0.2) is 109 Å². The number of rotatable bonds is 18. The minimum Gasteiger partial charge on any atom is -0.317 e. The van der Waals surface area contributed by atoms with Crippen LogP contribution in [0.5, 0.6) is 0 Å². The molecule has 0 saturated heterocycles. The maximum absolute atomic E-state index is 3.65. The molecule has 0 unspecified atom stereocenters. The maximum Gasteiger partial charge on any atom is 0.0211 e. The van der Waals surface area contributed by atoms with Crippen molar-refractivity contribution < 1.29 is 0 Å². The van der Waals surface area contributed by atoms with Gasteiger partial charge in [-0.15, -0.1) is 0 Å². The second kappa shape index (κ2) is 17.4. The van der Waals surface area contributed by atoms with E-state index in [0.29, 0.717) is 0 Å². The Hall–Kier alpha value is -3.24. The number of hydrogen-bond donors (Lipinski definition) is 3. The van der Waals surface area contributed by atoms with Crippen LogP contribution in [0.2, 0.25) is 0 Å². The van der Waals surface area contributed by atoms with Gasteiger partial charge < -0.3 is 16.0 Å². The lowest BCUT2D eigenvalue weighted by Crippen LogP contribution is -2.22. The summed E-state index contributed by atoms with van der Waals surface area (Å²) in [5.74, 6) is 0. The van der Waals surface area contributed by atoms with Gasteiger partial charge in [-0.3, -0.25) is 0 Å². The largest absolute Gasteiger partial charge is 0.317 e. The molecule has 39 heavy (non-hydrogen) atoms. The molecule has 0 bridgehead atoms. The lowest BCUT2D eigenvalue weighted by molar-refractivity contribution is 0.544. The molecule has 4 aromatic rings. The molecule has 3 nitrogen and oxygen atoms in total. The molecule has 0 saturated carbocycles. The molecule has 0 heterocycles. The van der Waals surface area contributed by atoms with E-state index in [1.807, 2.05) is 0 Å². The molecule has 0 aromatic heterocycles. The van der Waals surface area contributed by atoms with Gasteiger partial charge in [0, 0.05) is 13.1 Å². The first-order chi connectivity index (χ1) is 19.4. The van der Waals surface area contributed by atoms with Gasteiger partial charge in [0.15, 0.2) is 0 Å². The molecule has 0 spiro atoms.